The second kappa shape index (κ2) is 6.00. The molecule has 0 unspecified atom stereocenters. The van der Waals surface area contributed by atoms with Gasteiger partial charge < -0.3 is 10.9 Å². The first-order valence-corrected chi connectivity index (χ1v) is 6.06. The summed E-state index contributed by atoms with van der Waals surface area (Å²) in [6, 6.07) is 10.1. The van der Waals surface area contributed by atoms with Crippen LogP contribution >= 0.6 is 0 Å². The van der Waals surface area contributed by atoms with E-state index in [0.29, 0.717) is 12.3 Å². The number of nitrogens with zero attached hydrogens (tertiary/aromatic N) is 2. The van der Waals surface area contributed by atoms with Gasteiger partial charge in [0.05, 0.1) is 12.3 Å². The molecule has 1 aromatic carbocycles. The highest BCUT2D eigenvalue weighted by atomic mass is 16.4. The average molecular weight is 243 g/mol. The second-order valence-corrected chi connectivity index (χ2v) is 4.23. The fraction of sp³-hybridized carbons (Fsp3) is 0.286. The zero-order valence-corrected chi connectivity index (χ0v) is 10.2. The standard InChI is InChI=1S/C14H17N3O/c15-9-12-13(7-4-8-14(12)17-18)16-10-11-5-2-1-3-6-11/h1-3,5-6,9,18H,4,7-8,10,15H2/b12-9?,16-13?,17-14+. The first-order chi connectivity index (χ1) is 8.85. The maximum Gasteiger partial charge on any atom is 0.0900 e. The van der Waals surface area contributed by atoms with Crippen molar-refractivity contribution in [3.8, 4) is 0 Å². The molecule has 1 aromatic rings. The molecule has 0 radical (unpaired) electrons. The molecule has 2 rings (SSSR count). The van der Waals surface area contributed by atoms with Gasteiger partial charge in [-0.05, 0) is 24.8 Å². The summed E-state index contributed by atoms with van der Waals surface area (Å²) in [5.74, 6) is 0. The Labute approximate surface area is 107 Å². The van der Waals surface area contributed by atoms with Crippen molar-refractivity contribution in [3.63, 3.8) is 0 Å². The van der Waals surface area contributed by atoms with Crippen LogP contribution in [0.3, 0.4) is 0 Å². The Morgan fingerprint density at radius 2 is 1.89 bits per heavy atom. The molecule has 1 aliphatic rings. The van der Waals surface area contributed by atoms with E-state index in [1.807, 2.05) is 30.3 Å². The van der Waals surface area contributed by atoms with Crippen molar-refractivity contribution < 1.29 is 5.21 Å². The van der Waals surface area contributed by atoms with Crippen molar-refractivity contribution in [2.24, 2.45) is 15.9 Å². The Morgan fingerprint density at radius 1 is 1.17 bits per heavy atom. The fourth-order valence-corrected chi connectivity index (χ4v) is 2.09. The predicted octanol–water partition coefficient (Wildman–Crippen LogP) is 2.48. The highest BCUT2D eigenvalue weighted by molar-refractivity contribution is 6.25. The van der Waals surface area contributed by atoms with E-state index in [1.165, 1.54) is 6.20 Å². The summed E-state index contributed by atoms with van der Waals surface area (Å²) in [7, 11) is 0. The van der Waals surface area contributed by atoms with E-state index in [1.54, 1.807) is 0 Å². The van der Waals surface area contributed by atoms with Gasteiger partial charge in [-0.25, -0.2) is 0 Å². The number of hydrogen-bond donors (Lipinski definition) is 2. The van der Waals surface area contributed by atoms with Gasteiger partial charge in [0.15, 0.2) is 0 Å². The van der Waals surface area contributed by atoms with E-state index in [2.05, 4.69) is 10.1 Å². The normalized spacial score (nSPS) is 22.8. The molecule has 0 spiro atoms. The lowest BCUT2D eigenvalue weighted by Gasteiger charge is -2.17. The van der Waals surface area contributed by atoms with Crippen LogP contribution in [0.15, 0.2) is 52.3 Å². The lowest BCUT2D eigenvalue weighted by atomic mass is 9.91. The number of rotatable bonds is 2. The minimum Gasteiger partial charge on any atom is -0.411 e. The average Bonchev–Trinajstić information content (AvgIpc) is 2.45. The smallest absolute Gasteiger partial charge is 0.0900 e. The molecule has 0 atom stereocenters. The molecule has 4 nitrogen and oxygen atoms in total. The first kappa shape index (κ1) is 12.4. The molecular weight excluding hydrogens is 226 g/mol. The molecule has 0 aromatic heterocycles. The molecule has 0 heterocycles. The molecule has 0 aliphatic heterocycles. The SMILES string of the molecule is NC=C1C(=NCc2ccccc2)CCC/C1=N\O. The van der Waals surface area contributed by atoms with Gasteiger partial charge >= 0.3 is 0 Å². The van der Waals surface area contributed by atoms with Crippen molar-refractivity contribution in [1.29, 1.82) is 0 Å². The van der Waals surface area contributed by atoms with Crippen LogP contribution in [0.2, 0.25) is 0 Å². The predicted molar refractivity (Wildman–Crippen MR) is 72.9 cm³/mol. The van der Waals surface area contributed by atoms with Crippen molar-refractivity contribution in [2.75, 3.05) is 0 Å². The first-order valence-electron chi connectivity index (χ1n) is 6.06. The van der Waals surface area contributed by atoms with Gasteiger partial charge in [-0.15, -0.1) is 0 Å². The Hall–Kier alpha value is -2.10. The number of benzene rings is 1. The number of hydrogen-bond acceptors (Lipinski definition) is 4. The lowest BCUT2D eigenvalue weighted by molar-refractivity contribution is 0.317. The summed E-state index contributed by atoms with van der Waals surface area (Å²) in [4.78, 5) is 4.58. The van der Waals surface area contributed by atoms with E-state index in [-0.39, 0.29) is 0 Å². The number of aliphatic imine (C=N–C) groups is 1. The van der Waals surface area contributed by atoms with Crippen LogP contribution in [-0.4, -0.2) is 16.6 Å². The Morgan fingerprint density at radius 3 is 2.56 bits per heavy atom. The molecule has 0 saturated heterocycles. The van der Waals surface area contributed by atoms with Crippen LogP contribution in [0.4, 0.5) is 0 Å². The number of allylic oxidation sites excluding steroid dienone is 1. The third kappa shape index (κ3) is 2.77. The van der Waals surface area contributed by atoms with Gasteiger partial charge in [0.2, 0.25) is 0 Å². The number of oxime groups is 1. The van der Waals surface area contributed by atoms with E-state index in [9.17, 15) is 0 Å². The molecule has 1 saturated carbocycles. The number of nitrogens with two attached hydrogens (primary N) is 1. The van der Waals surface area contributed by atoms with Gasteiger partial charge in [-0.1, -0.05) is 35.5 Å². The van der Waals surface area contributed by atoms with E-state index in [4.69, 9.17) is 10.9 Å². The van der Waals surface area contributed by atoms with Gasteiger partial charge in [-0.3, -0.25) is 4.99 Å². The van der Waals surface area contributed by atoms with Crippen molar-refractivity contribution in [2.45, 2.75) is 25.8 Å². The van der Waals surface area contributed by atoms with Crippen LogP contribution in [-0.2, 0) is 6.54 Å². The monoisotopic (exact) mass is 243 g/mol. The molecule has 0 bridgehead atoms. The van der Waals surface area contributed by atoms with Gasteiger partial charge in [0, 0.05) is 17.5 Å². The summed E-state index contributed by atoms with van der Waals surface area (Å²) in [6.45, 7) is 0.631. The topological polar surface area (TPSA) is 71.0 Å². The maximum absolute atomic E-state index is 8.93. The van der Waals surface area contributed by atoms with Crippen LogP contribution in [0.25, 0.3) is 0 Å². The lowest BCUT2D eigenvalue weighted by Crippen LogP contribution is -2.20. The van der Waals surface area contributed by atoms with Gasteiger partial charge in [-0.2, -0.15) is 0 Å². The summed E-state index contributed by atoms with van der Waals surface area (Å²) >= 11 is 0. The zero-order chi connectivity index (χ0) is 12.8. The molecule has 0 amide bonds. The van der Waals surface area contributed by atoms with Gasteiger partial charge in [0.1, 0.15) is 0 Å². The van der Waals surface area contributed by atoms with Crippen molar-refractivity contribution >= 4 is 11.4 Å². The van der Waals surface area contributed by atoms with E-state index in [0.717, 1.165) is 36.1 Å². The van der Waals surface area contributed by atoms with Crippen molar-refractivity contribution in [3.05, 3.63) is 47.7 Å². The van der Waals surface area contributed by atoms with Crippen LogP contribution in [0.1, 0.15) is 24.8 Å². The van der Waals surface area contributed by atoms with Crippen LogP contribution < -0.4 is 5.73 Å². The quantitative estimate of drug-likeness (QED) is 0.618. The fourth-order valence-electron chi connectivity index (χ4n) is 2.09. The zero-order valence-electron chi connectivity index (χ0n) is 10.2. The van der Waals surface area contributed by atoms with E-state index >= 15 is 0 Å². The maximum atomic E-state index is 8.93. The molecular formula is C14H17N3O. The summed E-state index contributed by atoms with van der Waals surface area (Å²) in [6.07, 6.45) is 4.07. The highest BCUT2D eigenvalue weighted by Crippen LogP contribution is 2.19. The van der Waals surface area contributed by atoms with E-state index < -0.39 is 0 Å². The molecule has 1 fully saturated rings. The minimum absolute atomic E-state index is 0.631. The van der Waals surface area contributed by atoms with Crippen LogP contribution in [0, 0.1) is 0 Å². The molecule has 3 N–H and O–H groups in total. The third-order valence-corrected chi connectivity index (χ3v) is 3.03. The Bertz CT molecular complexity index is 489. The highest BCUT2D eigenvalue weighted by Gasteiger charge is 2.19. The molecule has 94 valence electrons. The molecule has 1 aliphatic carbocycles. The second-order valence-electron chi connectivity index (χ2n) is 4.23. The summed E-state index contributed by atoms with van der Waals surface area (Å²) < 4.78 is 0. The molecule has 4 heteroatoms. The minimum atomic E-state index is 0.631. The van der Waals surface area contributed by atoms with Crippen LogP contribution in [0.5, 0.6) is 0 Å². The summed E-state index contributed by atoms with van der Waals surface area (Å²) in [5.41, 5.74) is 9.10. The van der Waals surface area contributed by atoms with Crippen molar-refractivity contribution in [1.82, 2.24) is 0 Å². The Kier molecular flexibility index (Phi) is 4.12. The molecule has 18 heavy (non-hydrogen) atoms. The largest absolute Gasteiger partial charge is 0.411 e. The third-order valence-electron chi connectivity index (χ3n) is 3.03. The summed E-state index contributed by atoms with van der Waals surface area (Å²) in [5, 5.41) is 12.2. The Balaban J connectivity index is 2.16. The van der Waals surface area contributed by atoms with Gasteiger partial charge in [0.25, 0.3) is 0 Å².